The summed E-state index contributed by atoms with van der Waals surface area (Å²) in [6.45, 7) is 0. The van der Waals surface area contributed by atoms with E-state index in [1.807, 2.05) is 36.7 Å². The van der Waals surface area contributed by atoms with Crippen LogP contribution in [0.5, 0.6) is 5.75 Å². The molecule has 1 unspecified atom stereocenters. The van der Waals surface area contributed by atoms with E-state index in [0.29, 0.717) is 8.58 Å². The van der Waals surface area contributed by atoms with E-state index in [2.05, 4.69) is 17.1 Å². The predicted octanol–water partition coefficient (Wildman–Crippen LogP) is 1.72. The fourth-order valence-electron chi connectivity index (χ4n) is 1.30. The van der Waals surface area contributed by atoms with Crippen LogP contribution in [0.1, 0.15) is 0 Å². The summed E-state index contributed by atoms with van der Waals surface area (Å²) in [6.07, 6.45) is 3.64. The lowest BCUT2D eigenvalue weighted by molar-refractivity contribution is 0.415. The fourth-order valence-corrected chi connectivity index (χ4v) is 2.35. The average Bonchev–Trinajstić information content (AvgIpc) is 2.31. The van der Waals surface area contributed by atoms with Crippen LogP contribution < -0.4 is 15.3 Å². The summed E-state index contributed by atoms with van der Waals surface area (Å²) < 4.78 is 5.18. The zero-order chi connectivity index (χ0) is 10.5. The lowest BCUT2D eigenvalue weighted by atomic mass is 10.3. The molecule has 0 fully saturated rings. The second kappa shape index (κ2) is 4.90. The van der Waals surface area contributed by atoms with Gasteiger partial charge in [0.15, 0.2) is 0 Å². The summed E-state index contributed by atoms with van der Waals surface area (Å²) in [7, 11) is 2.35. The van der Waals surface area contributed by atoms with Gasteiger partial charge in [0.1, 0.15) is 5.75 Å². The van der Waals surface area contributed by atoms with Crippen LogP contribution in [0.3, 0.4) is 0 Å². The molecule has 1 heterocycles. The minimum Gasteiger partial charge on any atom is -0.497 e. The van der Waals surface area contributed by atoms with E-state index in [9.17, 15) is 0 Å². The zero-order valence-corrected chi connectivity index (χ0v) is 9.47. The molecule has 2 nitrogen and oxygen atoms in total. The van der Waals surface area contributed by atoms with Gasteiger partial charge in [-0.3, -0.25) is 4.98 Å². The first-order chi connectivity index (χ1) is 7.38. The molecule has 0 saturated carbocycles. The summed E-state index contributed by atoms with van der Waals surface area (Å²) in [5, 5.41) is 2.57. The molecule has 15 heavy (non-hydrogen) atoms. The van der Waals surface area contributed by atoms with Crippen molar-refractivity contribution < 1.29 is 4.74 Å². The van der Waals surface area contributed by atoms with E-state index in [-0.39, 0.29) is 0 Å². The molecule has 0 bridgehead atoms. The Morgan fingerprint density at radius 3 is 2.60 bits per heavy atom. The maximum absolute atomic E-state index is 5.18. The molecule has 0 spiro atoms. The van der Waals surface area contributed by atoms with Crippen molar-refractivity contribution in [3.05, 3.63) is 48.8 Å². The second-order valence-corrected chi connectivity index (χ2v) is 4.50. The van der Waals surface area contributed by atoms with Crippen molar-refractivity contribution in [3.8, 4) is 5.75 Å². The highest BCUT2D eigenvalue weighted by Crippen LogP contribution is 2.14. The normalized spacial score (nSPS) is 10.7. The summed E-state index contributed by atoms with van der Waals surface area (Å²) in [5.41, 5.74) is 0. The number of methoxy groups -OCH3 is 1. The molecular weight excluding hydrogens is 205 g/mol. The molecule has 0 aliphatic rings. The van der Waals surface area contributed by atoms with Crippen molar-refractivity contribution in [2.45, 2.75) is 0 Å². The van der Waals surface area contributed by atoms with Crippen molar-refractivity contribution in [3.63, 3.8) is 0 Å². The van der Waals surface area contributed by atoms with Gasteiger partial charge in [-0.15, -0.1) is 0 Å². The number of ether oxygens (including phenoxy) is 1. The van der Waals surface area contributed by atoms with Gasteiger partial charge >= 0.3 is 0 Å². The number of nitrogens with zero attached hydrogens (tertiary/aromatic N) is 1. The number of hydrogen-bond acceptors (Lipinski definition) is 2. The van der Waals surface area contributed by atoms with E-state index in [4.69, 9.17) is 4.74 Å². The van der Waals surface area contributed by atoms with Gasteiger partial charge in [-0.1, -0.05) is 20.7 Å². The Hall–Kier alpha value is -1.40. The molecule has 1 atom stereocenters. The van der Waals surface area contributed by atoms with E-state index in [1.165, 1.54) is 10.6 Å². The molecular formula is C12H12NOP. The van der Waals surface area contributed by atoms with Crippen molar-refractivity contribution >= 4 is 19.2 Å². The topological polar surface area (TPSA) is 22.1 Å². The highest BCUT2D eigenvalue weighted by molar-refractivity contribution is 7.55. The molecule has 0 radical (unpaired) electrons. The van der Waals surface area contributed by atoms with Crippen LogP contribution >= 0.6 is 8.58 Å². The minimum absolute atomic E-state index is 0.656. The van der Waals surface area contributed by atoms with Gasteiger partial charge in [0.25, 0.3) is 0 Å². The van der Waals surface area contributed by atoms with Gasteiger partial charge in [0, 0.05) is 12.4 Å². The highest BCUT2D eigenvalue weighted by Gasteiger charge is 1.97. The van der Waals surface area contributed by atoms with Crippen LogP contribution in [0.2, 0.25) is 0 Å². The van der Waals surface area contributed by atoms with Crippen LogP contribution in [0.4, 0.5) is 0 Å². The van der Waals surface area contributed by atoms with Crippen molar-refractivity contribution in [1.82, 2.24) is 4.98 Å². The summed E-state index contributed by atoms with van der Waals surface area (Å²) >= 11 is 0. The van der Waals surface area contributed by atoms with Crippen LogP contribution in [0.25, 0.3) is 0 Å². The van der Waals surface area contributed by atoms with Gasteiger partial charge in [-0.05, 0) is 34.9 Å². The Labute approximate surface area is 91.1 Å². The third-order valence-electron chi connectivity index (χ3n) is 2.04. The fraction of sp³-hybridized carbons (Fsp3) is 0.0833. The average molecular weight is 217 g/mol. The molecule has 76 valence electrons. The first-order valence-corrected chi connectivity index (χ1v) is 5.69. The molecule has 2 aromatic rings. The van der Waals surface area contributed by atoms with E-state index < -0.39 is 0 Å². The van der Waals surface area contributed by atoms with Crippen molar-refractivity contribution in [2.24, 2.45) is 0 Å². The molecule has 3 heteroatoms. The second-order valence-electron chi connectivity index (χ2n) is 3.09. The number of hydrogen-bond donors (Lipinski definition) is 0. The maximum Gasteiger partial charge on any atom is 0.119 e. The summed E-state index contributed by atoms with van der Waals surface area (Å²) in [4.78, 5) is 4.00. The molecule has 0 N–H and O–H groups in total. The smallest absolute Gasteiger partial charge is 0.119 e. The molecule has 1 aromatic heterocycles. The minimum atomic E-state index is 0.656. The van der Waals surface area contributed by atoms with Crippen LogP contribution in [-0.4, -0.2) is 12.1 Å². The first-order valence-electron chi connectivity index (χ1n) is 4.69. The molecule has 2 rings (SSSR count). The Balaban J connectivity index is 2.17. The van der Waals surface area contributed by atoms with Gasteiger partial charge < -0.3 is 4.74 Å². The number of benzene rings is 1. The lowest BCUT2D eigenvalue weighted by Crippen LogP contribution is -2.03. The third-order valence-corrected chi connectivity index (χ3v) is 3.26. The Morgan fingerprint density at radius 2 is 1.87 bits per heavy atom. The SMILES string of the molecule is COc1cccc(Pc2ccncc2)c1. The van der Waals surface area contributed by atoms with Gasteiger partial charge in [-0.2, -0.15) is 0 Å². The van der Waals surface area contributed by atoms with E-state index >= 15 is 0 Å². The molecule has 0 aliphatic carbocycles. The van der Waals surface area contributed by atoms with Crippen molar-refractivity contribution in [2.75, 3.05) is 7.11 Å². The quantitative estimate of drug-likeness (QED) is 0.730. The Kier molecular flexibility index (Phi) is 3.31. The largest absolute Gasteiger partial charge is 0.497 e. The number of pyridine rings is 1. The monoisotopic (exact) mass is 217 g/mol. The van der Waals surface area contributed by atoms with Gasteiger partial charge in [0.2, 0.25) is 0 Å². The predicted molar refractivity (Wildman–Crippen MR) is 64.8 cm³/mol. The molecule has 0 amide bonds. The number of rotatable bonds is 3. The van der Waals surface area contributed by atoms with Crippen LogP contribution in [0, 0.1) is 0 Å². The van der Waals surface area contributed by atoms with E-state index in [1.54, 1.807) is 7.11 Å². The van der Waals surface area contributed by atoms with Crippen molar-refractivity contribution in [1.29, 1.82) is 0 Å². The van der Waals surface area contributed by atoms with Crippen LogP contribution in [-0.2, 0) is 0 Å². The van der Waals surface area contributed by atoms with Crippen LogP contribution in [0.15, 0.2) is 48.8 Å². The molecule has 0 saturated heterocycles. The third kappa shape index (κ3) is 2.77. The molecule has 1 aromatic carbocycles. The Morgan fingerprint density at radius 1 is 1.07 bits per heavy atom. The first kappa shape index (κ1) is 10.1. The standard InChI is InChI=1S/C12H12NOP/c1-14-10-3-2-4-12(9-10)15-11-5-7-13-8-6-11/h2-9,15H,1H3. The maximum atomic E-state index is 5.18. The Bertz CT molecular complexity index is 431. The molecule has 0 aliphatic heterocycles. The lowest BCUT2D eigenvalue weighted by Gasteiger charge is -2.04. The van der Waals surface area contributed by atoms with Gasteiger partial charge in [0.05, 0.1) is 7.11 Å². The zero-order valence-electron chi connectivity index (χ0n) is 8.47. The van der Waals surface area contributed by atoms with E-state index in [0.717, 1.165) is 5.75 Å². The highest BCUT2D eigenvalue weighted by atomic mass is 31.1. The number of aromatic nitrogens is 1. The summed E-state index contributed by atoms with van der Waals surface area (Å²) in [6, 6.07) is 12.2. The van der Waals surface area contributed by atoms with Gasteiger partial charge in [-0.25, -0.2) is 0 Å². The summed E-state index contributed by atoms with van der Waals surface area (Å²) in [5.74, 6) is 0.911.